The standard InChI is InChI=1S/C22H20ClN3O4S/c1-14-5-7-15(8-6-14)13-24-20(29)22-26-25-21(31-22)18(23)12-16-3-2-4-17(11-16)30-10-9-19(27)28/h2-8,11-12H,9-10,13H2,1H3,(H,24,29)(H,27,28)/b18-12-. The van der Waals surface area contributed by atoms with Crippen LogP contribution in [0.25, 0.3) is 11.1 Å². The molecule has 31 heavy (non-hydrogen) atoms. The summed E-state index contributed by atoms with van der Waals surface area (Å²) < 4.78 is 5.42. The number of aromatic nitrogens is 2. The zero-order chi connectivity index (χ0) is 22.2. The zero-order valence-electron chi connectivity index (χ0n) is 16.7. The maximum atomic E-state index is 12.3. The number of nitrogens with zero attached hydrogens (tertiary/aromatic N) is 2. The van der Waals surface area contributed by atoms with Crippen LogP contribution in [-0.2, 0) is 11.3 Å². The highest BCUT2D eigenvalue weighted by Gasteiger charge is 2.14. The number of carbonyl (C=O) groups excluding carboxylic acids is 1. The predicted molar refractivity (Wildman–Crippen MR) is 120 cm³/mol. The van der Waals surface area contributed by atoms with Crippen molar-refractivity contribution >= 4 is 45.9 Å². The van der Waals surface area contributed by atoms with Crippen molar-refractivity contribution in [2.45, 2.75) is 19.9 Å². The number of benzene rings is 2. The van der Waals surface area contributed by atoms with Crippen molar-refractivity contribution in [3.05, 3.63) is 75.2 Å². The number of amides is 1. The summed E-state index contributed by atoms with van der Waals surface area (Å²) >= 11 is 7.46. The molecular weight excluding hydrogens is 438 g/mol. The average Bonchev–Trinajstić information content (AvgIpc) is 3.24. The lowest BCUT2D eigenvalue weighted by Gasteiger charge is -2.05. The number of halogens is 1. The number of nitrogens with one attached hydrogen (secondary N) is 1. The highest BCUT2D eigenvalue weighted by molar-refractivity contribution is 7.15. The number of carboxylic acid groups (broad SMARTS) is 1. The van der Waals surface area contributed by atoms with Gasteiger partial charge in [-0.25, -0.2) is 0 Å². The molecule has 1 heterocycles. The maximum absolute atomic E-state index is 12.3. The van der Waals surface area contributed by atoms with E-state index in [1.54, 1.807) is 24.3 Å². The number of aryl methyl sites for hydroxylation is 1. The molecule has 1 amide bonds. The van der Waals surface area contributed by atoms with Gasteiger partial charge in [-0.15, -0.1) is 10.2 Å². The number of carboxylic acids is 1. The van der Waals surface area contributed by atoms with Gasteiger partial charge in [-0.05, 0) is 36.3 Å². The number of rotatable bonds is 9. The summed E-state index contributed by atoms with van der Waals surface area (Å²) in [5, 5.41) is 20.4. The number of hydrogen-bond acceptors (Lipinski definition) is 6. The summed E-state index contributed by atoms with van der Waals surface area (Å²) in [6, 6.07) is 15.0. The third kappa shape index (κ3) is 6.91. The summed E-state index contributed by atoms with van der Waals surface area (Å²) in [6.45, 7) is 2.48. The molecule has 0 bridgehead atoms. The summed E-state index contributed by atoms with van der Waals surface area (Å²) in [5.41, 5.74) is 2.90. The largest absolute Gasteiger partial charge is 0.493 e. The lowest BCUT2D eigenvalue weighted by Crippen LogP contribution is -2.22. The van der Waals surface area contributed by atoms with Crippen LogP contribution in [0.1, 0.15) is 37.9 Å². The highest BCUT2D eigenvalue weighted by Crippen LogP contribution is 2.26. The van der Waals surface area contributed by atoms with Crippen LogP contribution >= 0.6 is 22.9 Å². The Bertz CT molecular complexity index is 1100. The Hall–Kier alpha value is -3.23. The van der Waals surface area contributed by atoms with Gasteiger partial charge < -0.3 is 15.2 Å². The van der Waals surface area contributed by atoms with E-state index in [0.29, 0.717) is 22.3 Å². The van der Waals surface area contributed by atoms with Crippen molar-refractivity contribution in [3.8, 4) is 5.75 Å². The molecule has 3 aromatic rings. The zero-order valence-corrected chi connectivity index (χ0v) is 18.2. The summed E-state index contributed by atoms with van der Waals surface area (Å²) in [5.74, 6) is -0.704. The van der Waals surface area contributed by atoms with E-state index in [1.165, 1.54) is 0 Å². The molecule has 0 saturated heterocycles. The van der Waals surface area contributed by atoms with Crippen molar-refractivity contribution in [2.75, 3.05) is 6.61 Å². The molecule has 0 aliphatic heterocycles. The highest BCUT2D eigenvalue weighted by atomic mass is 35.5. The van der Waals surface area contributed by atoms with E-state index in [-0.39, 0.29) is 23.9 Å². The van der Waals surface area contributed by atoms with E-state index in [1.807, 2.05) is 37.3 Å². The third-order valence-electron chi connectivity index (χ3n) is 4.13. The fourth-order valence-electron chi connectivity index (χ4n) is 2.53. The second kappa shape index (κ2) is 10.7. The smallest absolute Gasteiger partial charge is 0.306 e. The molecule has 2 N–H and O–H groups in total. The Morgan fingerprint density at radius 2 is 1.90 bits per heavy atom. The number of hydrogen-bond donors (Lipinski definition) is 2. The molecule has 0 atom stereocenters. The Labute approximate surface area is 188 Å². The minimum Gasteiger partial charge on any atom is -0.493 e. The van der Waals surface area contributed by atoms with Crippen molar-refractivity contribution in [1.82, 2.24) is 15.5 Å². The number of carbonyl (C=O) groups is 2. The van der Waals surface area contributed by atoms with Crippen LogP contribution in [0.2, 0.25) is 0 Å². The summed E-state index contributed by atoms with van der Waals surface area (Å²) in [6.07, 6.45) is 1.60. The Kier molecular flexibility index (Phi) is 7.75. The van der Waals surface area contributed by atoms with E-state index in [9.17, 15) is 9.59 Å². The molecule has 0 unspecified atom stereocenters. The minimum atomic E-state index is -0.922. The molecule has 0 saturated carbocycles. The molecule has 0 aliphatic carbocycles. The van der Waals surface area contributed by atoms with E-state index in [4.69, 9.17) is 21.4 Å². The third-order valence-corrected chi connectivity index (χ3v) is 5.49. The lowest BCUT2D eigenvalue weighted by molar-refractivity contribution is -0.137. The molecule has 7 nitrogen and oxygen atoms in total. The van der Waals surface area contributed by atoms with E-state index in [2.05, 4.69) is 15.5 Å². The molecule has 2 aromatic carbocycles. The van der Waals surface area contributed by atoms with Gasteiger partial charge in [0.25, 0.3) is 5.91 Å². The molecule has 3 rings (SSSR count). The topological polar surface area (TPSA) is 101 Å². The first-order chi connectivity index (χ1) is 14.9. The van der Waals surface area contributed by atoms with Gasteiger partial charge in [0.2, 0.25) is 5.01 Å². The van der Waals surface area contributed by atoms with Crippen LogP contribution < -0.4 is 10.1 Å². The molecule has 0 fully saturated rings. The van der Waals surface area contributed by atoms with E-state index >= 15 is 0 Å². The molecule has 0 radical (unpaired) electrons. The quantitative estimate of drug-likeness (QED) is 0.494. The van der Waals surface area contributed by atoms with Gasteiger partial charge >= 0.3 is 5.97 Å². The van der Waals surface area contributed by atoms with Gasteiger partial charge in [-0.3, -0.25) is 9.59 Å². The van der Waals surface area contributed by atoms with Crippen LogP contribution in [0.3, 0.4) is 0 Å². The minimum absolute atomic E-state index is 0.0771. The second-order valence-corrected chi connectivity index (χ2v) is 8.02. The second-order valence-electron chi connectivity index (χ2n) is 6.64. The van der Waals surface area contributed by atoms with E-state index < -0.39 is 5.97 Å². The van der Waals surface area contributed by atoms with Gasteiger partial charge in [0.1, 0.15) is 5.75 Å². The molecule has 1 aromatic heterocycles. The average molecular weight is 458 g/mol. The van der Waals surface area contributed by atoms with Gasteiger partial charge in [-0.1, -0.05) is 64.9 Å². The SMILES string of the molecule is Cc1ccc(CNC(=O)c2nnc(/C(Cl)=C/c3cccc(OCCC(=O)O)c3)s2)cc1. The van der Waals surface area contributed by atoms with Crippen LogP contribution in [-0.4, -0.2) is 33.8 Å². The fourth-order valence-corrected chi connectivity index (χ4v) is 3.48. The first-order valence-corrected chi connectivity index (χ1v) is 10.6. The fraction of sp³-hybridized carbons (Fsp3) is 0.182. The molecular formula is C22H20ClN3O4S. The lowest BCUT2D eigenvalue weighted by atomic mass is 10.1. The molecule has 0 spiro atoms. The van der Waals surface area contributed by atoms with Gasteiger partial charge in [0.05, 0.1) is 18.1 Å². The van der Waals surface area contributed by atoms with Crippen LogP contribution in [0.5, 0.6) is 5.75 Å². The first kappa shape index (κ1) is 22.5. The van der Waals surface area contributed by atoms with E-state index in [0.717, 1.165) is 28.0 Å². The Morgan fingerprint density at radius 1 is 1.16 bits per heavy atom. The molecule has 0 aliphatic rings. The van der Waals surface area contributed by atoms with Crippen LogP contribution in [0.15, 0.2) is 48.5 Å². The van der Waals surface area contributed by atoms with Crippen molar-refractivity contribution in [3.63, 3.8) is 0 Å². The summed E-state index contributed by atoms with van der Waals surface area (Å²) in [4.78, 5) is 22.9. The first-order valence-electron chi connectivity index (χ1n) is 9.40. The van der Waals surface area contributed by atoms with Crippen molar-refractivity contribution in [1.29, 1.82) is 0 Å². The maximum Gasteiger partial charge on any atom is 0.306 e. The van der Waals surface area contributed by atoms with Gasteiger partial charge in [-0.2, -0.15) is 0 Å². The van der Waals surface area contributed by atoms with Crippen molar-refractivity contribution in [2.24, 2.45) is 0 Å². The number of aliphatic carboxylic acids is 1. The Balaban J connectivity index is 1.61. The van der Waals surface area contributed by atoms with Crippen molar-refractivity contribution < 1.29 is 19.4 Å². The summed E-state index contributed by atoms with van der Waals surface area (Å²) in [7, 11) is 0. The van der Waals surface area contributed by atoms with Gasteiger partial charge in [0.15, 0.2) is 5.01 Å². The Morgan fingerprint density at radius 3 is 2.65 bits per heavy atom. The predicted octanol–water partition coefficient (Wildman–Crippen LogP) is 4.37. The number of ether oxygens (including phenoxy) is 1. The normalized spacial score (nSPS) is 11.2. The van der Waals surface area contributed by atoms with Crippen LogP contribution in [0.4, 0.5) is 0 Å². The monoisotopic (exact) mass is 457 g/mol. The van der Waals surface area contributed by atoms with Gasteiger partial charge in [0, 0.05) is 6.54 Å². The van der Waals surface area contributed by atoms with Crippen LogP contribution in [0, 0.1) is 6.92 Å². The molecule has 160 valence electrons. The molecule has 9 heteroatoms.